The average Bonchev–Trinajstić information content (AvgIpc) is 2.19. The van der Waals surface area contributed by atoms with Crippen molar-refractivity contribution >= 4 is 0 Å². The highest BCUT2D eigenvalue weighted by molar-refractivity contribution is 5.04. The number of rotatable bonds is 4. The van der Waals surface area contributed by atoms with Gasteiger partial charge in [-0.25, -0.2) is 9.97 Å². The summed E-state index contributed by atoms with van der Waals surface area (Å²) in [6, 6.07) is -0.0936. The van der Waals surface area contributed by atoms with Crippen LogP contribution in [0, 0.1) is 19.3 Å². The van der Waals surface area contributed by atoms with E-state index >= 15 is 0 Å². The Morgan fingerprint density at radius 2 is 2.14 bits per heavy atom. The Bertz CT molecular complexity index is 310. The lowest BCUT2D eigenvalue weighted by molar-refractivity contribution is 0.587. The van der Waals surface area contributed by atoms with Gasteiger partial charge in [-0.05, 0) is 25.3 Å². The van der Waals surface area contributed by atoms with E-state index in [0.29, 0.717) is 5.82 Å². The van der Waals surface area contributed by atoms with Gasteiger partial charge in [0.15, 0.2) is 0 Å². The molecule has 1 aromatic heterocycles. The van der Waals surface area contributed by atoms with E-state index in [1.165, 1.54) is 0 Å². The van der Waals surface area contributed by atoms with E-state index in [4.69, 9.17) is 12.2 Å². The molecule has 0 spiro atoms. The first kappa shape index (κ1) is 10.7. The topological polar surface area (TPSA) is 51.8 Å². The Balaban J connectivity index is 2.48. The van der Waals surface area contributed by atoms with Gasteiger partial charge in [-0.2, -0.15) is 0 Å². The van der Waals surface area contributed by atoms with E-state index in [2.05, 4.69) is 15.9 Å². The van der Waals surface area contributed by atoms with E-state index in [1.54, 1.807) is 12.4 Å². The highest BCUT2D eigenvalue weighted by Crippen LogP contribution is 2.11. The second-order valence-corrected chi connectivity index (χ2v) is 3.32. The number of hydrogen-bond acceptors (Lipinski definition) is 3. The molecule has 14 heavy (non-hydrogen) atoms. The quantitative estimate of drug-likeness (QED) is 0.578. The van der Waals surface area contributed by atoms with Crippen molar-refractivity contribution in [1.29, 1.82) is 0 Å². The number of nitrogens with two attached hydrogens (primary N) is 1. The van der Waals surface area contributed by atoms with Crippen LogP contribution >= 0.6 is 0 Å². The third kappa shape index (κ3) is 3.15. The fourth-order valence-corrected chi connectivity index (χ4v) is 1.15. The molecule has 3 heteroatoms. The van der Waals surface area contributed by atoms with Crippen LogP contribution in [0.3, 0.4) is 0 Å². The lowest BCUT2D eigenvalue weighted by atomic mass is 10.1. The van der Waals surface area contributed by atoms with Gasteiger partial charge < -0.3 is 5.73 Å². The van der Waals surface area contributed by atoms with Gasteiger partial charge in [0, 0.05) is 18.8 Å². The van der Waals surface area contributed by atoms with Gasteiger partial charge in [0.2, 0.25) is 0 Å². The molecule has 1 aromatic rings. The normalized spacial score (nSPS) is 12.1. The van der Waals surface area contributed by atoms with E-state index in [9.17, 15) is 0 Å². The molecule has 0 aromatic carbocycles. The predicted molar refractivity (Wildman–Crippen MR) is 56.4 cm³/mol. The van der Waals surface area contributed by atoms with Crippen LogP contribution < -0.4 is 5.73 Å². The van der Waals surface area contributed by atoms with Crippen LogP contribution in [0.15, 0.2) is 12.4 Å². The molecule has 0 fully saturated rings. The third-order valence-corrected chi connectivity index (χ3v) is 1.97. The van der Waals surface area contributed by atoms with Gasteiger partial charge >= 0.3 is 0 Å². The van der Waals surface area contributed by atoms with Crippen LogP contribution in [0.2, 0.25) is 0 Å². The molecule has 0 aliphatic carbocycles. The van der Waals surface area contributed by atoms with Crippen LogP contribution in [-0.2, 0) is 0 Å². The first-order chi connectivity index (χ1) is 6.74. The largest absolute Gasteiger partial charge is 0.321 e. The Kier molecular flexibility index (Phi) is 4.09. The molecule has 1 unspecified atom stereocenters. The van der Waals surface area contributed by atoms with Crippen LogP contribution in [-0.4, -0.2) is 9.97 Å². The van der Waals surface area contributed by atoms with Crippen molar-refractivity contribution in [3.63, 3.8) is 0 Å². The van der Waals surface area contributed by atoms with Crippen molar-refractivity contribution in [3.8, 4) is 12.3 Å². The Labute approximate surface area is 84.8 Å². The molecular formula is C11H15N3. The lowest BCUT2D eigenvalue weighted by Crippen LogP contribution is -2.13. The number of unbranched alkanes of at least 4 members (excludes halogenated alkanes) is 1. The monoisotopic (exact) mass is 189 g/mol. The lowest BCUT2D eigenvalue weighted by Gasteiger charge is -2.08. The van der Waals surface area contributed by atoms with Crippen molar-refractivity contribution in [1.82, 2.24) is 9.97 Å². The van der Waals surface area contributed by atoms with Crippen LogP contribution in [0.5, 0.6) is 0 Å². The predicted octanol–water partition coefficient (Wildman–Crippen LogP) is 1.59. The number of nitrogens with zero attached hydrogens (tertiary/aromatic N) is 2. The van der Waals surface area contributed by atoms with Gasteiger partial charge in [0.05, 0.1) is 6.04 Å². The molecule has 0 aliphatic heterocycles. The minimum Gasteiger partial charge on any atom is -0.321 e. The third-order valence-electron chi connectivity index (χ3n) is 1.97. The summed E-state index contributed by atoms with van der Waals surface area (Å²) < 4.78 is 0. The molecule has 0 saturated heterocycles. The molecule has 0 radical (unpaired) electrons. The second kappa shape index (κ2) is 5.36. The van der Waals surface area contributed by atoms with Gasteiger partial charge in [-0.1, -0.05) is 0 Å². The van der Waals surface area contributed by atoms with E-state index in [-0.39, 0.29) is 6.04 Å². The molecular weight excluding hydrogens is 174 g/mol. The highest BCUT2D eigenvalue weighted by atomic mass is 14.9. The summed E-state index contributed by atoms with van der Waals surface area (Å²) >= 11 is 0. The smallest absolute Gasteiger partial charge is 0.144 e. The summed E-state index contributed by atoms with van der Waals surface area (Å²) in [6.45, 7) is 1.95. The Morgan fingerprint density at radius 3 is 2.71 bits per heavy atom. The highest BCUT2D eigenvalue weighted by Gasteiger charge is 2.07. The summed E-state index contributed by atoms with van der Waals surface area (Å²) in [7, 11) is 0. The zero-order valence-electron chi connectivity index (χ0n) is 8.40. The molecule has 2 N–H and O–H groups in total. The van der Waals surface area contributed by atoms with Gasteiger partial charge in [0.1, 0.15) is 5.82 Å². The number of terminal acetylenes is 1. The fraction of sp³-hybridized carbons (Fsp3) is 0.455. The summed E-state index contributed by atoms with van der Waals surface area (Å²) in [4.78, 5) is 8.34. The SMILES string of the molecule is C#CCCCC(N)c1ncc(C)cn1. The second-order valence-electron chi connectivity index (χ2n) is 3.32. The molecule has 1 rings (SSSR count). The molecule has 0 bridgehead atoms. The molecule has 74 valence electrons. The van der Waals surface area contributed by atoms with Crippen molar-refractivity contribution in [2.24, 2.45) is 5.73 Å². The minimum absolute atomic E-state index is 0.0936. The maximum atomic E-state index is 5.89. The van der Waals surface area contributed by atoms with E-state index < -0.39 is 0 Å². The molecule has 3 nitrogen and oxygen atoms in total. The van der Waals surface area contributed by atoms with Crippen molar-refractivity contribution in [2.75, 3.05) is 0 Å². The summed E-state index contributed by atoms with van der Waals surface area (Å²) in [5, 5.41) is 0. The van der Waals surface area contributed by atoms with Crippen molar-refractivity contribution < 1.29 is 0 Å². The van der Waals surface area contributed by atoms with Crippen LogP contribution in [0.4, 0.5) is 0 Å². The minimum atomic E-state index is -0.0936. The molecule has 1 heterocycles. The standard InChI is InChI=1S/C11H15N3/c1-3-4-5-6-10(12)11-13-7-9(2)8-14-11/h1,7-8,10H,4-6,12H2,2H3. The average molecular weight is 189 g/mol. The maximum absolute atomic E-state index is 5.89. The van der Waals surface area contributed by atoms with Crippen molar-refractivity contribution in [3.05, 3.63) is 23.8 Å². The van der Waals surface area contributed by atoms with Gasteiger partial charge in [-0.3, -0.25) is 0 Å². The van der Waals surface area contributed by atoms with Crippen molar-refractivity contribution in [2.45, 2.75) is 32.2 Å². The summed E-state index contributed by atoms with van der Waals surface area (Å²) in [5.74, 6) is 3.29. The fourth-order valence-electron chi connectivity index (χ4n) is 1.15. The first-order valence-corrected chi connectivity index (χ1v) is 4.71. The zero-order chi connectivity index (χ0) is 10.4. The summed E-state index contributed by atoms with van der Waals surface area (Å²) in [5.41, 5.74) is 6.94. The number of aryl methyl sites for hydroxylation is 1. The van der Waals surface area contributed by atoms with Gasteiger partial charge in [-0.15, -0.1) is 12.3 Å². The van der Waals surface area contributed by atoms with Crippen LogP contribution in [0.25, 0.3) is 0 Å². The van der Waals surface area contributed by atoms with Gasteiger partial charge in [0.25, 0.3) is 0 Å². The molecule has 0 amide bonds. The molecule has 0 saturated carbocycles. The maximum Gasteiger partial charge on any atom is 0.144 e. The summed E-state index contributed by atoms with van der Waals surface area (Å²) in [6.07, 6.45) is 11.2. The van der Waals surface area contributed by atoms with Crippen LogP contribution in [0.1, 0.15) is 36.7 Å². The Hall–Kier alpha value is -1.40. The first-order valence-electron chi connectivity index (χ1n) is 4.71. The number of aromatic nitrogens is 2. The zero-order valence-corrected chi connectivity index (χ0v) is 8.40. The Morgan fingerprint density at radius 1 is 1.50 bits per heavy atom. The molecule has 1 atom stereocenters. The number of hydrogen-bond donors (Lipinski definition) is 1. The van der Waals surface area contributed by atoms with E-state index in [0.717, 1.165) is 24.8 Å². The molecule has 0 aliphatic rings. The van der Waals surface area contributed by atoms with E-state index in [1.807, 2.05) is 6.92 Å².